The number of hydrogen-bond donors (Lipinski definition) is 0. The van der Waals surface area contributed by atoms with E-state index in [0.29, 0.717) is 0 Å². The predicted molar refractivity (Wildman–Crippen MR) is 199 cm³/mol. The van der Waals surface area contributed by atoms with Crippen LogP contribution in [0.25, 0.3) is 71.3 Å². The Balaban J connectivity index is 1.31. The summed E-state index contributed by atoms with van der Waals surface area (Å²) >= 11 is 0. The minimum Gasteiger partial charge on any atom is -0.293 e. The van der Waals surface area contributed by atoms with Gasteiger partial charge in [-0.3, -0.25) is 9.55 Å². The van der Waals surface area contributed by atoms with Crippen LogP contribution in [-0.2, 0) is 18.3 Å². The normalized spacial score (nSPS) is 14.5. The molecule has 0 unspecified atom stereocenters. The first-order valence-electron chi connectivity index (χ1n) is 16.9. The van der Waals surface area contributed by atoms with Gasteiger partial charge in [0, 0.05) is 33.2 Å². The lowest BCUT2D eigenvalue weighted by Crippen LogP contribution is -2.18. The summed E-state index contributed by atoms with van der Waals surface area (Å²) in [5, 5.41) is 7.50. The van der Waals surface area contributed by atoms with Crippen LogP contribution in [-0.4, -0.2) is 14.5 Å². The molecule has 0 atom stereocenters. The van der Waals surface area contributed by atoms with Crippen LogP contribution in [0.4, 0.5) is 0 Å². The Morgan fingerprint density at radius 2 is 1.29 bits per heavy atom. The highest BCUT2D eigenvalue weighted by atomic mass is 15.1. The van der Waals surface area contributed by atoms with Crippen LogP contribution in [0.2, 0.25) is 0 Å². The van der Waals surface area contributed by atoms with E-state index in [2.05, 4.69) is 134 Å². The van der Waals surface area contributed by atoms with E-state index in [0.717, 1.165) is 40.5 Å². The Bertz CT molecular complexity index is 2870. The fourth-order valence-electron chi connectivity index (χ4n) is 9.15. The topological polar surface area (TPSA) is 30.7 Å². The Morgan fingerprint density at radius 3 is 2.12 bits per heavy atom. The van der Waals surface area contributed by atoms with Gasteiger partial charge in [0.15, 0.2) is 0 Å². The van der Waals surface area contributed by atoms with E-state index in [9.17, 15) is 0 Å². The number of hydrogen-bond acceptors (Lipinski definition) is 2. The van der Waals surface area contributed by atoms with Crippen molar-refractivity contribution in [3.05, 3.63) is 161 Å². The van der Waals surface area contributed by atoms with E-state index in [-0.39, 0.29) is 5.41 Å². The molecule has 0 saturated heterocycles. The minimum atomic E-state index is -0.194. The molecular weight excluding hydrogens is 583 g/mol. The van der Waals surface area contributed by atoms with Crippen molar-refractivity contribution in [3.8, 4) is 16.9 Å². The highest BCUT2D eigenvalue weighted by Gasteiger charge is 2.42. The quantitative estimate of drug-likeness (QED) is 0.172. The van der Waals surface area contributed by atoms with E-state index < -0.39 is 0 Å². The molecule has 3 heteroatoms. The van der Waals surface area contributed by atoms with Gasteiger partial charge in [-0.25, -0.2) is 4.98 Å². The SMILES string of the molecule is CC1(C)c2ccccc2-c2c3c(c4c5ccccc5n(-c5ccc6ccc7cccnc7c6n5)c4c21)Cc1cc2ccccc2cc1C3. The molecule has 11 rings (SSSR count). The van der Waals surface area contributed by atoms with Crippen molar-refractivity contribution in [2.75, 3.05) is 0 Å². The second kappa shape index (κ2) is 9.17. The standard InChI is InChI=1S/C45H31N3/c1-45(2)36-15-7-5-13-32(36)39-34-24-30-22-28-10-3-4-11-29(28)23-31(30)25-35(34)40-33-14-6-8-16-37(33)48(44(40)41(39)45)38-20-19-27-18-17-26-12-9-21-46-42(26)43(27)47-38/h3-23H,24-25H2,1-2H3. The van der Waals surface area contributed by atoms with Crippen molar-refractivity contribution in [2.45, 2.75) is 32.1 Å². The van der Waals surface area contributed by atoms with Crippen LogP contribution in [0.15, 0.2) is 128 Å². The fraction of sp³-hybridized carbons (Fsp3) is 0.111. The van der Waals surface area contributed by atoms with Crippen LogP contribution in [0, 0.1) is 0 Å². The molecule has 48 heavy (non-hydrogen) atoms. The molecule has 0 aliphatic heterocycles. The molecule has 3 aromatic heterocycles. The van der Waals surface area contributed by atoms with E-state index >= 15 is 0 Å². The zero-order valence-electron chi connectivity index (χ0n) is 26.9. The van der Waals surface area contributed by atoms with Gasteiger partial charge in [-0.1, -0.05) is 111 Å². The van der Waals surface area contributed by atoms with E-state index in [1.54, 1.807) is 0 Å². The molecule has 0 saturated carbocycles. The third-order valence-electron chi connectivity index (χ3n) is 11.3. The molecule has 2 aliphatic carbocycles. The largest absolute Gasteiger partial charge is 0.293 e. The zero-order chi connectivity index (χ0) is 31.7. The molecule has 3 nitrogen and oxygen atoms in total. The first-order valence-corrected chi connectivity index (χ1v) is 16.9. The maximum atomic E-state index is 5.45. The number of nitrogens with zero attached hydrogens (tertiary/aromatic N) is 3. The van der Waals surface area contributed by atoms with Crippen molar-refractivity contribution < 1.29 is 0 Å². The maximum Gasteiger partial charge on any atom is 0.138 e. The first-order chi connectivity index (χ1) is 23.6. The van der Waals surface area contributed by atoms with E-state index in [4.69, 9.17) is 9.97 Å². The van der Waals surface area contributed by atoms with E-state index in [1.165, 1.54) is 77.1 Å². The van der Waals surface area contributed by atoms with Crippen LogP contribution in [0.3, 0.4) is 0 Å². The Kier molecular flexibility index (Phi) is 5.02. The molecule has 0 radical (unpaired) electrons. The van der Waals surface area contributed by atoms with Gasteiger partial charge >= 0.3 is 0 Å². The van der Waals surface area contributed by atoms with E-state index in [1.807, 2.05) is 12.3 Å². The number of rotatable bonds is 1. The third kappa shape index (κ3) is 3.33. The summed E-state index contributed by atoms with van der Waals surface area (Å²) in [7, 11) is 0. The molecule has 0 N–H and O–H groups in total. The number of aromatic nitrogens is 3. The fourth-order valence-corrected chi connectivity index (χ4v) is 9.15. The summed E-state index contributed by atoms with van der Waals surface area (Å²) in [6, 6.07) is 44.6. The van der Waals surface area contributed by atoms with Gasteiger partial charge in [-0.15, -0.1) is 0 Å². The van der Waals surface area contributed by atoms with Gasteiger partial charge in [0.05, 0.1) is 22.1 Å². The lowest BCUT2D eigenvalue weighted by molar-refractivity contribution is 0.663. The summed E-state index contributed by atoms with van der Waals surface area (Å²) in [4.78, 5) is 10.2. The van der Waals surface area contributed by atoms with Crippen molar-refractivity contribution >= 4 is 54.4 Å². The van der Waals surface area contributed by atoms with Crippen molar-refractivity contribution in [1.82, 2.24) is 14.5 Å². The molecule has 3 heterocycles. The summed E-state index contributed by atoms with van der Waals surface area (Å²) < 4.78 is 2.47. The number of para-hydroxylation sites is 1. The Hall–Kier alpha value is -5.80. The van der Waals surface area contributed by atoms with Crippen LogP contribution in [0.5, 0.6) is 0 Å². The monoisotopic (exact) mass is 613 g/mol. The average Bonchev–Trinajstić information content (AvgIpc) is 3.59. The van der Waals surface area contributed by atoms with Crippen LogP contribution < -0.4 is 0 Å². The van der Waals surface area contributed by atoms with Crippen LogP contribution >= 0.6 is 0 Å². The summed E-state index contributed by atoms with van der Waals surface area (Å²) in [5.41, 5.74) is 15.6. The molecule has 6 aromatic carbocycles. The van der Waals surface area contributed by atoms with Gasteiger partial charge in [-0.05, 0) is 92.4 Å². The van der Waals surface area contributed by atoms with Crippen molar-refractivity contribution in [3.63, 3.8) is 0 Å². The number of pyridine rings is 2. The molecule has 0 amide bonds. The number of benzene rings is 6. The summed E-state index contributed by atoms with van der Waals surface area (Å²) in [6.07, 6.45) is 3.72. The molecule has 226 valence electrons. The first kappa shape index (κ1) is 26.3. The maximum absolute atomic E-state index is 5.45. The van der Waals surface area contributed by atoms with Gasteiger partial charge in [0.1, 0.15) is 5.82 Å². The zero-order valence-corrected chi connectivity index (χ0v) is 26.9. The van der Waals surface area contributed by atoms with Gasteiger partial charge in [0.25, 0.3) is 0 Å². The molecule has 2 aliphatic rings. The smallest absolute Gasteiger partial charge is 0.138 e. The van der Waals surface area contributed by atoms with Gasteiger partial charge < -0.3 is 0 Å². The molecule has 0 spiro atoms. The van der Waals surface area contributed by atoms with Crippen molar-refractivity contribution in [2.24, 2.45) is 0 Å². The summed E-state index contributed by atoms with van der Waals surface area (Å²) in [6.45, 7) is 4.84. The molecule has 9 aromatic rings. The second-order valence-electron chi connectivity index (χ2n) is 14.2. The summed E-state index contributed by atoms with van der Waals surface area (Å²) in [5.74, 6) is 0.933. The Morgan fingerprint density at radius 1 is 0.625 bits per heavy atom. The molecule has 0 bridgehead atoms. The number of fused-ring (bicyclic) bond motifs is 15. The van der Waals surface area contributed by atoms with Gasteiger partial charge in [0.2, 0.25) is 0 Å². The predicted octanol–water partition coefficient (Wildman–Crippen LogP) is 10.8. The lowest BCUT2D eigenvalue weighted by atomic mass is 9.76. The highest BCUT2D eigenvalue weighted by molar-refractivity contribution is 6.16. The average molecular weight is 614 g/mol. The minimum absolute atomic E-state index is 0.194. The van der Waals surface area contributed by atoms with Crippen molar-refractivity contribution in [1.29, 1.82) is 0 Å². The molecular formula is C45H31N3. The van der Waals surface area contributed by atoms with Gasteiger partial charge in [-0.2, -0.15) is 0 Å². The lowest BCUT2D eigenvalue weighted by Gasteiger charge is -2.28. The third-order valence-corrected chi connectivity index (χ3v) is 11.3. The molecule has 0 fully saturated rings. The highest BCUT2D eigenvalue weighted by Crippen LogP contribution is 2.57. The second-order valence-corrected chi connectivity index (χ2v) is 14.2. The Labute approximate surface area is 278 Å². The van der Waals surface area contributed by atoms with Crippen LogP contribution in [0.1, 0.15) is 47.2 Å².